The number of fused-ring (bicyclic) bond motifs is 1. The standard InChI is InChI=1S/C22H29N3O3S/c1-16-11-25(12-17(2)28-16)22(27)15-29-20-13-24(19-8-4-3-7-18(19)20)14-21(26)23-9-5-6-10-23/h3-4,7-8,13,16-17H,5-6,9-12,14-15H2,1-2H3/t16-,17-/m0/s1. The maximum absolute atomic E-state index is 12.7. The summed E-state index contributed by atoms with van der Waals surface area (Å²) >= 11 is 1.56. The van der Waals surface area contributed by atoms with E-state index in [2.05, 4.69) is 6.07 Å². The largest absolute Gasteiger partial charge is 0.372 e. The molecule has 0 N–H and O–H groups in total. The normalized spacial score (nSPS) is 22.4. The van der Waals surface area contributed by atoms with Crippen molar-refractivity contribution in [3.05, 3.63) is 30.5 Å². The molecule has 3 heterocycles. The molecule has 2 aromatic rings. The summed E-state index contributed by atoms with van der Waals surface area (Å²) in [4.78, 5) is 30.3. The average Bonchev–Trinajstić information content (AvgIpc) is 3.34. The van der Waals surface area contributed by atoms with Gasteiger partial charge in [0.15, 0.2) is 0 Å². The number of nitrogens with zero attached hydrogens (tertiary/aromatic N) is 3. The van der Waals surface area contributed by atoms with Crippen LogP contribution < -0.4 is 0 Å². The minimum Gasteiger partial charge on any atom is -0.372 e. The molecule has 156 valence electrons. The van der Waals surface area contributed by atoms with Crippen LogP contribution in [0.3, 0.4) is 0 Å². The van der Waals surface area contributed by atoms with E-state index in [4.69, 9.17) is 4.74 Å². The predicted octanol–water partition coefficient (Wildman–Crippen LogP) is 2.99. The zero-order chi connectivity index (χ0) is 20.4. The molecule has 2 atom stereocenters. The van der Waals surface area contributed by atoms with Crippen molar-refractivity contribution in [2.24, 2.45) is 0 Å². The summed E-state index contributed by atoms with van der Waals surface area (Å²) in [6, 6.07) is 8.11. The fourth-order valence-corrected chi connectivity index (χ4v) is 5.27. The van der Waals surface area contributed by atoms with Crippen molar-refractivity contribution in [2.75, 3.05) is 31.9 Å². The summed E-state index contributed by atoms with van der Waals surface area (Å²) in [5, 5.41) is 1.10. The van der Waals surface area contributed by atoms with Gasteiger partial charge in [-0.1, -0.05) is 18.2 Å². The molecule has 6 nitrogen and oxygen atoms in total. The van der Waals surface area contributed by atoms with E-state index in [1.54, 1.807) is 11.8 Å². The maximum Gasteiger partial charge on any atom is 0.242 e. The molecule has 0 saturated carbocycles. The van der Waals surface area contributed by atoms with Crippen molar-refractivity contribution >= 4 is 34.5 Å². The molecule has 0 spiro atoms. The molecular formula is C22H29N3O3S. The SMILES string of the molecule is C[C@H]1CN(C(=O)CSc2cn(CC(=O)N3CCCC3)c3ccccc23)C[C@H](C)O1. The van der Waals surface area contributed by atoms with Gasteiger partial charge in [0.05, 0.1) is 18.0 Å². The Kier molecular flexibility index (Phi) is 6.15. The second-order valence-corrected chi connectivity index (χ2v) is 9.09. The molecule has 4 rings (SSSR count). The molecule has 2 amide bonds. The average molecular weight is 416 g/mol. The summed E-state index contributed by atoms with van der Waals surface area (Å²) in [6.45, 7) is 7.40. The lowest BCUT2D eigenvalue weighted by molar-refractivity contribution is -0.140. The van der Waals surface area contributed by atoms with Crippen molar-refractivity contribution in [1.82, 2.24) is 14.4 Å². The summed E-state index contributed by atoms with van der Waals surface area (Å²) in [5.41, 5.74) is 1.05. The first kappa shape index (κ1) is 20.3. The first-order chi connectivity index (χ1) is 14.0. The number of morpholine rings is 1. The van der Waals surface area contributed by atoms with Gasteiger partial charge >= 0.3 is 0 Å². The molecule has 1 aromatic heterocycles. The first-order valence-electron chi connectivity index (χ1n) is 10.4. The Bertz CT molecular complexity index is 881. The van der Waals surface area contributed by atoms with Gasteiger partial charge in [0.25, 0.3) is 0 Å². The molecule has 0 radical (unpaired) electrons. The van der Waals surface area contributed by atoms with E-state index in [9.17, 15) is 9.59 Å². The number of amides is 2. The molecule has 0 unspecified atom stereocenters. The predicted molar refractivity (Wildman–Crippen MR) is 115 cm³/mol. The van der Waals surface area contributed by atoms with Crippen LogP contribution in [0.5, 0.6) is 0 Å². The number of thioether (sulfide) groups is 1. The number of para-hydroxylation sites is 1. The van der Waals surface area contributed by atoms with Crippen LogP contribution in [-0.2, 0) is 20.9 Å². The van der Waals surface area contributed by atoms with Crippen LogP contribution in [-0.4, -0.2) is 70.3 Å². The highest BCUT2D eigenvalue weighted by atomic mass is 32.2. The van der Waals surface area contributed by atoms with Crippen LogP contribution >= 0.6 is 11.8 Å². The molecule has 2 aliphatic rings. The van der Waals surface area contributed by atoms with Crippen LogP contribution in [0.4, 0.5) is 0 Å². The van der Waals surface area contributed by atoms with E-state index in [0.29, 0.717) is 25.4 Å². The number of hydrogen-bond acceptors (Lipinski definition) is 4. The molecule has 1 aromatic carbocycles. The lowest BCUT2D eigenvalue weighted by Crippen LogP contribution is -2.48. The molecule has 2 saturated heterocycles. The van der Waals surface area contributed by atoms with Gasteiger partial charge < -0.3 is 19.1 Å². The first-order valence-corrected chi connectivity index (χ1v) is 11.4. The van der Waals surface area contributed by atoms with E-state index < -0.39 is 0 Å². The number of hydrogen-bond donors (Lipinski definition) is 0. The Labute approximate surface area is 176 Å². The summed E-state index contributed by atoms with van der Waals surface area (Å²) in [7, 11) is 0. The maximum atomic E-state index is 12.7. The zero-order valence-corrected chi connectivity index (χ0v) is 18.0. The van der Waals surface area contributed by atoms with Gasteiger partial charge in [0.2, 0.25) is 11.8 Å². The van der Waals surface area contributed by atoms with Gasteiger partial charge in [-0.05, 0) is 32.8 Å². The third-order valence-electron chi connectivity index (χ3n) is 5.64. The Morgan fingerprint density at radius 1 is 1.03 bits per heavy atom. The fourth-order valence-electron chi connectivity index (χ4n) is 4.28. The third-order valence-corrected chi connectivity index (χ3v) is 6.67. The van der Waals surface area contributed by atoms with E-state index in [-0.39, 0.29) is 24.0 Å². The number of likely N-dealkylation sites (tertiary alicyclic amines) is 1. The van der Waals surface area contributed by atoms with E-state index in [1.807, 2.05) is 52.6 Å². The third kappa shape index (κ3) is 4.61. The number of benzene rings is 1. The zero-order valence-electron chi connectivity index (χ0n) is 17.2. The lowest BCUT2D eigenvalue weighted by Gasteiger charge is -2.35. The Morgan fingerprint density at radius 2 is 1.72 bits per heavy atom. The van der Waals surface area contributed by atoms with Crippen molar-refractivity contribution in [3.63, 3.8) is 0 Å². The van der Waals surface area contributed by atoms with E-state index >= 15 is 0 Å². The van der Waals surface area contributed by atoms with Crippen LogP contribution in [0.2, 0.25) is 0 Å². The van der Waals surface area contributed by atoms with E-state index in [1.165, 1.54) is 0 Å². The van der Waals surface area contributed by atoms with Gasteiger partial charge in [-0.25, -0.2) is 0 Å². The van der Waals surface area contributed by atoms with Gasteiger partial charge in [0, 0.05) is 48.2 Å². The molecule has 7 heteroatoms. The van der Waals surface area contributed by atoms with Crippen molar-refractivity contribution < 1.29 is 14.3 Å². The van der Waals surface area contributed by atoms with Crippen LogP contribution in [0.25, 0.3) is 10.9 Å². The fraction of sp³-hybridized carbons (Fsp3) is 0.545. The Hall–Kier alpha value is -1.99. The minimum atomic E-state index is 0.0752. The molecule has 29 heavy (non-hydrogen) atoms. The van der Waals surface area contributed by atoms with Crippen LogP contribution in [0, 0.1) is 0 Å². The number of aromatic nitrogens is 1. The van der Waals surface area contributed by atoms with Gasteiger partial charge in [-0.3, -0.25) is 9.59 Å². The minimum absolute atomic E-state index is 0.0752. The highest BCUT2D eigenvalue weighted by Gasteiger charge is 2.26. The number of carbonyl (C=O) groups excluding carboxylic acids is 2. The Morgan fingerprint density at radius 3 is 2.45 bits per heavy atom. The van der Waals surface area contributed by atoms with E-state index in [0.717, 1.165) is 41.7 Å². The summed E-state index contributed by atoms with van der Waals surface area (Å²) < 4.78 is 7.76. The topological polar surface area (TPSA) is 54.8 Å². The number of rotatable bonds is 5. The molecular weight excluding hydrogens is 386 g/mol. The highest BCUT2D eigenvalue weighted by molar-refractivity contribution is 8.00. The molecule has 0 aliphatic carbocycles. The van der Waals surface area contributed by atoms with Crippen molar-refractivity contribution in [2.45, 2.75) is 50.3 Å². The molecule has 2 aliphatic heterocycles. The molecule has 2 fully saturated rings. The monoisotopic (exact) mass is 415 g/mol. The van der Waals surface area contributed by atoms with Crippen LogP contribution in [0.15, 0.2) is 35.4 Å². The lowest BCUT2D eigenvalue weighted by atomic mass is 10.2. The summed E-state index contributed by atoms with van der Waals surface area (Å²) in [6.07, 6.45) is 4.37. The van der Waals surface area contributed by atoms with Gasteiger partial charge in [-0.2, -0.15) is 0 Å². The van der Waals surface area contributed by atoms with Crippen molar-refractivity contribution in [1.29, 1.82) is 0 Å². The van der Waals surface area contributed by atoms with Crippen LogP contribution in [0.1, 0.15) is 26.7 Å². The number of carbonyl (C=O) groups is 2. The van der Waals surface area contributed by atoms with Crippen molar-refractivity contribution in [3.8, 4) is 0 Å². The summed E-state index contributed by atoms with van der Waals surface area (Å²) in [5.74, 6) is 0.710. The smallest absolute Gasteiger partial charge is 0.242 e. The molecule has 0 bridgehead atoms. The van der Waals surface area contributed by atoms with Gasteiger partial charge in [0.1, 0.15) is 6.54 Å². The van der Waals surface area contributed by atoms with Gasteiger partial charge in [-0.15, -0.1) is 11.8 Å². The highest BCUT2D eigenvalue weighted by Crippen LogP contribution is 2.30. The Balaban J connectivity index is 1.46. The number of ether oxygens (including phenoxy) is 1. The quantitative estimate of drug-likeness (QED) is 0.705. The second kappa shape index (κ2) is 8.79. The second-order valence-electron chi connectivity index (χ2n) is 8.07.